The molecule has 0 saturated heterocycles. The second kappa shape index (κ2) is 4.87. The van der Waals surface area contributed by atoms with E-state index in [9.17, 15) is 5.11 Å². The van der Waals surface area contributed by atoms with E-state index in [1.807, 2.05) is 31.8 Å². The van der Waals surface area contributed by atoms with Crippen LogP contribution < -0.4 is 0 Å². The van der Waals surface area contributed by atoms with Crippen molar-refractivity contribution in [3.05, 3.63) is 16.6 Å². The lowest BCUT2D eigenvalue weighted by molar-refractivity contribution is 0.0215. The number of hydrogen-bond acceptors (Lipinski definition) is 4. The van der Waals surface area contributed by atoms with Crippen molar-refractivity contribution in [3.63, 3.8) is 0 Å². The van der Waals surface area contributed by atoms with Gasteiger partial charge in [-0.05, 0) is 20.4 Å². The summed E-state index contributed by atoms with van der Waals surface area (Å²) in [6, 6.07) is 0. The molecular weight excluding hydrogens is 196 g/mol. The molecule has 1 rings (SSSR count). The van der Waals surface area contributed by atoms with Crippen LogP contribution in [0.1, 0.15) is 26.0 Å². The normalized spacial score (nSPS) is 15.8. The van der Waals surface area contributed by atoms with Crippen LogP contribution in [-0.4, -0.2) is 34.2 Å². The summed E-state index contributed by atoms with van der Waals surface area (Å²) in [4.78, 5) is 6.30. The summed E-state index contributed by atoms with van der Waals surface area (Å²) in [5.74, 6) is 0. The summed E-state index contributed by atoms with van der Waals surface area (Å²) in [5.41, 5.74) is 2.32. The Kier molecular flexibility index (Phi) is 4.04. The van der Waals surface area contributed by atoms with Crippen LogP contribution in [0.15, 0.2) is 10.9 Å². The van der Waals surface area contributed by atoms with E-state index in [2.05, 4.69) is 9.88 Å². The van der Waals surface area contributed by atoms with Gasteiger partial charge in [0, 0.05) is 18.5 Å². The Morgan fingerprint density at radius 3 is 2.86 bits per heavy atom. The zero-order valence-electron chi connectivity index (χ0n) is 9.03. The van der Waals surface area contributed by atoms with Gasteiger partial charge in [-0.1, -0.05) is 6.92 Å². The molecule has 0 spiro atoms. The van der Waals surface area contributed by atoms with E-state index in [0.29, 0.717) is 6.54 Å². The first-order chi connectivity index (χ1) is 6.53. The molecule has 1 heterocycles. The number of hydrogen-bond donors (Lipinski definition) is 1. The molecule has 3 nitrogen and oxygen atoms in total. The van der Waals surface area contributed by atoms with Crippen molar-refractivity contribution in [3.8, 4) is 0 Å². The summed E-state index contributed by atoms with van der Waals surface area (Å²) in [6.45, 7) is 5.35. The van der Waals surface area contributed by atoms with Crippen molar-refractivity contribution < 1.29 is 5.11 Å². The maximum atomic E-state index is 9.86. The average molecular weight is 214 g/mol. The maximum Gasteiger partial charge on any atom is 0.0795 e. The molecule has 1 aromatic rings. The van der Waals surface area contributed by atoms with E-state index in [1.54, 1.807) is 11.3 Å². The Morgan fingerprint density at radius 2 is 2.36 bits per heavy atom. The predicted molar refractivity (Wildman–Crippen MR) is 59.4 cm³/mol. The lowest BCUT2D eigenvalue weighted by atomic mass is 10.0. The van der Waals surface area contributed by atoms with Crippen molar-refractivity contribution >= 4 is 11.3 Å². The lowest BCUT2D eigenvalue weighted by Crippen LogP contribution is -2.38. The first-order valence-electron chi connectivity index (χ1n) is 4.81. The number of aliphatic hydroxyl groups is 1. The zero-order valence-corrected chi connectivity index (χ0v) is 9.84. The minimum Gasteiger partial charge on any atom is -0.389 e. The van der Waals surface area contributed by atoms with Gasteiger partial charge in [0.2, 0.25) is 0 Å². The van der Waals surface area contributed by atoms with Crippen molar-refractivity contribution in [2.75, 3.05) is 13.6 Å². The third-order valence-electron chi connectivity index (χ3n) is 2.29. The quantitative estimate of drug-likeness (QED) is 0.811. The van der Waals surface area contributed by atoms with Gasteiger partial charge < -0.3 is 5.11 Å². The fourth-order valence-electron chi connectivity index (χ4n) is 1.34. The molecule has 14 heavy (non-hydrogen) atoms. The summed E-state index contributed by atoms with van der Waals surface area (Å²) >= 11 is 1.61. The molecule has 0 aromatic carbocycles. The minimum atomic E-state index is -0.592. The second-order valence-corrected chi connectivity index (χ2v) is 4.72. The molecule has 1 aromatic heterocycles. The molecule has 1 N–H and O–H groups in total. The Balaban J connectivity index is 2.40. The van der Waals surface area contributed by atoms with Crippen LogP contribution in [0.3, 0.4) is 0 Å². The number of nitrogens with zero attached hydrogens (tertiary/aromatic N) is 2. The minimum absolute atomic E-state index is 0.592. The fraction of sp³-hybridized carbons (Fsp3) is 0.700. The van der Waals surface area contributed by atoms with E-state index in [-0.39, 0.29) is 0 Å². The first-order valence-corrected chi connectivity index (χ1v) is 5.76. The van der Waals surface area contributed by atoms with Crippen molar-refractivity contribution in [2.45, 2.75) is 32.4 Å². The highest BCUT2D eigenvalue weighted by Gasteiger charge is 2.19. The van der Waals surface area contributed by atoms with Crippen LogP contribution in [0.25, 0.3) is 0 Å². The molecule has 80 valence electrons. The average Bonchev–Trinajstić information content (AvgIpc) is 2.55. The molecule has 0 saturated carbocycles. The highest BCUT2D eigenvalue weighted by atomic mass is 32.1. The van der Waals surface area contributed by atoms with Crippen LogP contribution in [0.4, 0.5) is 0 Å². The van der Waals surface area contributed by atoms with Crippen molar-refractivity contribution in [1.29, 1.82) is 0 Å². The molecule has 0 radical (unpaired) electrons. The van der Waals surface area contributed by atoms with Gasteiger partial charge >= 0.3 is 0 Å². The van der Waals surface area contributed by atoms with Gasteiger partial charge in [-0.3, -0.25) is 4.90 Å². The summed E-state index contributed by atoms with van der Waals surface area (Å²) in [5, 5.41) is 11.9. The van der Waals surface area contributed by atoms with Gasteiger partial charge in [-0.15, -0.1) is 11.3 Å². The van der Waals surface area contributed by atoms with Crippen LogP contribution in [0.2, 0.25) is 0 Å². The first kappa shape index (κ1) is 11.6. The Labute approximate surface area is 89.4 Å². The Morgan fingerprint density at radius 1 is 1.64 bits per heavy atom. The molecule has 1 unspecified atom stereocenters. The topological polar surface area (TPSA) is 36.4 Å². The Hall–Kier alpha value is -0.450. The lowest BCUT2D eigenvalue weighted by Gasteiger charge is -2.27. The SMILES string of the molecule is CCC(C)(O)CN(C)Cc1cscn1. The van der Waals surface area contributed by atoms with E-state index >= 15 is 0 Å². The van der Waals surface area contributed by atoms with Gasteiger partial charge in [0.15, 0.2) is 0 Å². The van der Waals surface area contributed by atoms with Gasteiger partial charge in [0.1, 0.15) is 0 Å². The predicted octanol–water partition coefficient (Wildman–Crippen LogP) is 1.74. The van der Waals surface area contributed by atoms with Crippen LogP contribution in [-0.2, 0) is 6.54 Å². The molecule has 0 amide bonds. The van der Waals surface area contributed by atoms with Crippen LogP contribution >= 0.6 is 11.3 Å². The molecule has 0 aliphatic heterocycles. The molecule has 1 atom stereocenters. The third-order valence-corrected chi connectivity index (χ3v) is 2.92. The van der Waals surface area contributed by atoms with Gasteiger partial charge in [0.25, 0.3) is 0 Å². The van der Waals surface area contributed by atoms with E-state index in [1.165, 1.54) is 0 Å². The van der Waals surface area contributed by atoms with Gasteiger partial charge in [0.05, 0.1) is 16.8 Å². The number of thiazole rings is 1. The van der Waals surface area contributed by atoms with Gasteiger partial charge in [-0.2, -0.15) is 0 Å². The van der Waals surface area contributed by atoms with E-state index in [4.69, 9.17) is 0 Å². The number of aromatic nitrogens is 1. The smallest absolute Gasteiger partial charge is 0.0795 e. The summed E-state index contributed by atoms with van der Waals surface area (Å²) in [7, 11) is 2.00. The summed E-state index contributed by atoms with van der Waals surface area (Å²) in [6.07, 6.45) is 0.772. The van der Waals surface area contributed by atoms with Gasteiger partial charge in [-0.25, -0.2) is 4.98 Å². The molecule has 0 bridgehead atoms. The second-order valence-electron chi connectivity index (χ2n) is 4.00. The molecule has 0 aliphatic rings. The monoisotopic (exact) mass is 214 g/mol. The molecule has 0 aliphatic carbocycles. The van der Waals surface area contributed by atoms with E-state index in [0.717, 1.165) is 18.7 Å². The van der Waals surface area contributed by atoms with Crippen LogP contribution in [0.5, 0.6) is 0 Å². The molecular formula is C10H18N2OS. The Bertz CT molecular complexity index is 259. The van der Waals surface area contributed by atoms with Crippen LogP contribution in [0, 0.1) is 0 Å². The maximum absolute atomic E-state index is 9.86. The largest absolute Gasteiger partial charge is 0.389 e. The molecule has 0 fully saturated rings. The number of rotatable bonds is 5. The standard InChI is InChI=1S/C10H18N2OS/c1-4-10(2,13)7-12(3)5-9-6-14-8-11-9/h6,8,13H,4-5,7H2,1-3H3. The van der Waals surface area contributed by atoms with Crippen molar-refractivity contribution in [1.82, 2.24) is 9.88 Å². The van der Waals surface area contributed by atoms with E-state index < -0.39 is 5.60 Å². The third kappa shape index (κ3) is 3.74. The highest BCUT2D eigenvalue weighted by Crippen LogP contribution is 2.12. The molecule has 4 heteroatoms. The zero-order chi connectivity index (χ0) is 10.6. The number of likely N-dealkylation sites (N-methyl/N-ethyl adjacent to an activating group) is 1. The highest BCUT2D eigenvalue weighted by molar-refractivity contribution is 7.07. The fourth-order valence-corrected chi connectivity index (χ4v) is 1.89. The summed E-state index contributed by atoms with van der Waals surface area (Å²) < 4.78 is 0. The van der Waals surface area contributed by atoms with Crippen molar-refractivity contribution in [2.24, 2.45) is 0 Å².